The second kappa shape index (κ2) is 3.68. The van der Waals surface area contributed by atoms with Crippen LogP contribution in [-0.4, -0.2) is 46.1 Å². The van der Waals surface area contributed by atoms with Gasteiger partial charge in [-0.1, -0.05) is 0 Å². The van der Waals surface area contributed by atoms with Crippen LogP contribution < -0.4 is 5.32 Å². The van der Waals surface area contributed by atoms with Crippen LogP contribution in [0.15, 0.2) is 0 Å². The van der Waals surface area contributed by atoms with Gasteiger partial charge >= 0.3 is 5.97 Å². The van der Waals surface area contributed by atoms with Crippen molar-refractivity contribution in [3.63, 3.8) is 0 Å². The van der Waals surface area contributed by atoms with Crippen molar-refractivity contribution in [1.29, 1.82) is 0 Å². The van der Waals surface area contributed by atoms with Crippen LogP contribution in [0.4, 0.5) is 0 Å². The minimum Gasteiger partial charge on any atom is -0.459 e. The molecule has 2 bridgehead atoms. The molecule has 5 atom stereocenters. The molecule has 1 aliphatic heterocycles. The summed E-state index contributed by atoms with van der Waals surface area (Å²) in [6.45, 7) is 5.43. The molecule has 1 saturated carbocycles. The molecule has 1 heterocycles. The van der Waals surface area contributed by atoms with Crippen LogP contribution in [-0.2, 0) is 9.53 Å². The highest BCUT2D eigenvalue weighted by molar-refractivity contribution is 5.77. The van der Waals surface area contributed by atoms with E-state index in [0.29, 0.717) is 6.42 Å². The largest absolute Gasteiger partial charge is 0.459 e. The van der Waals surface area contributed by atoms with Gasteiger partial charge in [-0.2, -0.15) is 0 Å². The van der Waals surface area contributed by atoms with Crippen LogP contribution in [0.3, 0.4) is 0 Å². The van der Waals surface area contributed by atoms with Crippen molar-refractivity contribution in [3.8, 4) is 0 Å². The lowest BCUT2D eigenvalue weighted by Crippen LogP contribution is -2.55. The highest BCUT2D eigenvalue weighted by atomic mass is 16.6. The molecule has 0 aromatic heterocycles. The lowest BCUT2D eigenvalue weighted by molar-refractivity contribution is -0.161. The standard InChI is InChI=1S/C11H19NO4/c1-11(2,3)16-10(15)7-5-4-6(12-7)9(14)8(5)13/h5-9,12-14H,4H2,1-3H3/t5-,6-,7-,8-,9+/m1/s1. The number of carbonyl (C=O) groups excluding carboxylic acids is 1. The van der Waals surface area contributed by atoms with Crippen LogP contribution in [0.1, 0.15) is 27.2 Å². The Bertz CT molecular complexity index is 297. The second-order valence-corrected chi connectivity index (χ2v) is 5.67. The van der Waals surface area contributed by atoms with Crippen molar-refractivity contribution >= 4 is 5.97 Å². The first kappa shape index (κ1) is 11.8. The molecule has 0 spiro atoms. The highest BCUT2D eigenvalue weighted by Crippen LogP contribution is 2.36. The molecule has 92 valence electrons. The average molecular weight is 229 g/mol. The van der Waals surface area contributed by atoms with E-state index in [-0.39, 0.29) is 17.9 Å². The van der Waals surface area contributed by atoms with Crippen molar-refractivity contribution in [1.82, 2.24) is 5.32 Å². The molecule has 16 heavy (non-hydrogen) atoms. The molecule has 0 radical (unpaired) electrons. The highest BCUT2D eigenvalue weighted by Gasteiger charge is 2.54. The van der Waals surface area contributed by atoms with E-state index in [1.807, 2.05) is 20.8 Å². The number of esters is 1. The van der Waals surface area contributed by atoms with Gasteiger partial charge < -0.3 is 14.9 Å². The maximum Gasteiger partial charge on any atom is 0.324 e. The van der Waals surface area contributed by atoms with Crippen molar-refractivity contribution in [2.24, 2.45) is 5.92 Å². The average Bonchev–Trinajstić information content (AvgIpc) is 2.65. The number of hydrogen-bond acceptors (Lipinski definition) is 5. The number of fused-ring (bicyclic) bond motifs is 2. The quantitative estimate of drug-likeness (QED) is 0.524. The summed E-state index contributed by atoms with van der Waals surface area (Å²) in [5.74, 6) is -0.569. The van der Waals surface area contributed by atoms with Gasteiger partial charge in [0.15, 0.2) is 0 Å². The summed E-state index contributed by atoms with van der Waals surface area (Å²) in [6, 6.07) is -0.667. The van der Waals surface area contributed by atoms with Crippen molar-refractivity contribution in [3.05, 3.63) is 0 Å². The Morgan fingerprint density at radius 3 is 2.38 bits per heavy atom. The number of aliphatic hydroxyl groups excluding tert-OH is 2. The second-order valence-electron chi connectivity index (χ2n) is 5.67. The predicted molar refractivity (Wildman–Crippen MR) is 56.7 cm³/mol. The minimum absolute atomic E-state index is 0.183. The Hall–Kier alpha value is -0.650. The van der Waals surface area contributed by atoms with Gasteiger partial charge in [-0.3, -0.25) is 10.1 Å². The Morgan fingerprint density at radius 1 is 1.31 bits per heavy atom. The summed E-state index contributed by atoms with van der Waals surface area (Å²) in [6.07, 6.45) is -0.945. The molecule has 2 rings (SSSR count). The number of nitrogens with one attached hydrogen (secondary N) is 1. The van der Waals surface area contributed by atoms with Crippen LogP contribution in [0.25, 0.3) is 0 Å². The van der Waals surface area contributed by atoms with E-state index < -0.39 is 23.9 Å². The molecule has 3 N–H and O–H groups in total. The van der Waals surface area contributed by atoms with Crippen LogP contribution in [0, 0.1) is 5.92 Å². The zero-order valence-electron chi connectivity index (χ0n) is 9.80. The molecule has 0 aromatic carbocycles. The Kier molecular flexibility index (Phi) is 2.72. The molecule has 2 aliphatic rings. The van der Waals surface area contributed by atoms with Gasteiger partial charge in [0.05, 0.1) is 12.2 Å². The fraction of sp³-hybridized carbons (Fsp3) is 0.909. The first-order valence-corrected chi connectivity index (χ1v) is 5.64. The van der Waals surface area contributed by atoms with E-state index in [0.717, 1.165) is 0 Å². The predicted octanol–water partition coefficient (Wildman–Crippen LogP) is -0.590. The number of piperidine rings is 1. The normalized spacial score (nSPS) is 42.4. The first-order chi connectivity index (χ1) is 7.29. The maximum absolute atomic E-state index is 11.8. The van der Waals surface area contributed by atoms with Crippen molar-refractivity contribution in [2.45, 2.75) is 57.1 Å². The smallest absolute Gasteiger partial charge is 0.324 e. The van der Waals surface area contributed by atoms with Crippen molar-refractivity contribution < 1.29 is 19.7 Å². The summed E-state index contributed by atoms with van der Waals surface area (Å²) < 4.78 is 5.26. The van der Waals surface area contributed by atoms with Gasteiger partial charge in [0.2, 0.25) is 0 Å². The lowest BCUT2D eigenvalue weighted by Gasteiger charge is -2.31. The summed E-state index contributed by atoms with van der Waals surface area (Å²) in [5, 5.41) is 22.3. The van der Waals surface area contributed by atoms with E-state index >= 15 is 0 Å². The molecular formula is C11H19NO4. The maximum atomic E-state index is 11.8. The topological polar surface area (TPSA) is 78.8 Å². The van der Waals surface area contributed by atoms with E-state index in [1.165, 1.54) is 0 Å². The fourth-order valence-corrected chi connectivity index (χ4v) is 2.53. The molecule has 0 amide bonds. The zero-order valence-corrected chi connectivity index (χ0v) is 9.80. The summed E-state index contributed by atoms with van der Waals surface area (Å²) in [4.78, 5) is 11.8. The minimum atomic E-state index is -0.816. The fourth-order valence-electron chi connectivity index (χ4n) is 2.53. The first-order valence-electron chi connectivity index (χ1n) is 5.64. The molecule has 5 heteroatoms. The number of ether oxygens (including phenoxy) is 1. The van der Waals surface area contributed by atoms with E-state index in [1.54, 1.807) is 0 Å². The Morgan fingerprint density at radius 2 is 1.94 bits per heavy atom. The monoisotopic (exact) mass is 229 g/mol. The van der Waals surface area contributed by atoms with Gasteiger partial charge in [0.25, 0.3) is 0 Å². The molecule has 0 unspecified atom stereocenters. The van der Waals surface area contributed by atoms with E-state index in [9.17, 15) is 15.0 Å². The molecule has 2 fully saturated rings. The summed E-state index contributed by atoms with van der Waals surface area (Å²) in [7, 11) is 0. The number of carbonyl (C=O) groups is 1. The number of hydrogen-bond donors (Lipinski definition) is 3. The van der Waals surface area contributed by atoms with E-state index in [2.05, 4.69) is 5.32 Å². The number of aliphatic hydroxyl groups is 2. The molecular weight excluding hydrogens is 210 g/mol. The van der Waals surface area contributed by atoms with Gasteiger partial charge in [-0.05, 0) is 27.2 Å². The lowest BCUT2D eigenvalue weighted by atomic mass is 9.96. The molecule has 1 saturated heterocycles. The summed E-state index contributed by atoms with van der Waals surface area (Å²) in [5.41, 5.74) is -0.524. The molecule has 1 aliphatic carbocycles. The van der Waals surface area contributed by atoms with E-state index in [4.69, 9.17) is 4.74 Å². The van der Waals surface area contributed by atoms with Gasteiger partial charge in [0.1, 0.15) is 11.6 Å². The van der Waals surface area contributed by atoms with Gasteiger partial charge in [0, 0.05) is 12.0 Å². The molecule has 5 nitrogen and oxygen atoms in total. The zero-order chi connectivity index (χ0) is 12.1. The van der Waals surface area contributed by atoms with Crippen LogP contribution in [0.5, 0.6) is 0 Å². The van der Waals surface area contributed by atoms with Gasteiger partial charge in [-0.15, -0.1) is 0 Å². The van der Waals surface area contributed by atoms with Crippen molar-refractivity contribution in [2.75, 3.05) is 0 Å². The summed E-state index contributed by atoms with van der Waals surface area (Å²) >= 11 is 0. The SMILES string of the molecule is CC(C)(C)OC(=O)[C@@H]1N[C@@H]2C[C@H]1[C@@H](O)[C@H]2O. The van der Waals surface area contributed by atoms with Crippen LogP contribution in [0.2, 0.25) is 0 Å². The van der Waals surface area contributed by atoms with Crippen LogP contribution >= 0.6 is 0 Å². The number of rotatable bonds is 1. The molecule has 0 aromatic rings. The third-order valence-corrected chi connectivity index (χ3v) is 3.21. The third-order valence-electron chi connectivity index (χ3n) is 3.21. The van der Waals surface area contributed by atoms with Gasteiger partial charge in [-0.25, -0.2) is 0 Å². The Labute approximate surface area is 94.8 Å². The third kappa shape index (κ3) is 1.95. The Balaban J connectivity index is 2.01.